The SMILES string of the molecule is C=CC1(C)CCC2C(C)(C)c3cccc4[nH]c5c(c34)C2(O)C1([N-]C)CC(O)C5(C)C. The summed E-state index contributed by atoms with van der Waals surface area (Å²) in [6.45, 7) is 15.1. The van der Waals surface area contributed by atoms with Crippen LogP contribution in [-0.4, -0.2) is 33.9 Å². The van der Waals surface area contributed by atoms with Crippen molar-refractivity contribution < 1.29 is 10.2 Å². The first-order valence-electron chi connectivity index (χ1n) is 11.2. The lowest BCUT2D eigenvalue weighted by molar-refractivity contribution is -0.171. The van der Waals surface area contributed by atoms with Gasteiger partial charge in [-0.25, -0.2) is 0 Å². The summed E-state index contributed by atoms with van der Waals surface area (Å²) in [5.41, 5.74) is 1.02. The van der Waals surface area contributed by atoms with Crippen molar-refractivity contribution in [1.82, 2.24) is 4.98 Å². The van der Waals surface area contributed by atoms with Crippen LogP contribution in [0.4, 0.5) is 0 Å². The maximum Gasteiger partial charge on any atom is 0.0834 e. The highest BCUT2D eigenvalue weighted by Gasteiger charge is 2.68. The third-order valence-corrected chi connectivity index (χ3v) is 9.60. The van der Waals surface area contributed by atoms with E-state index < -0.39 is 28.1 Å². The molecule has 4 heteroatoms. The van der Waals surface area contributed by atoms with E-state index >= 15 is 0 Å². The molecule has 1 aromatic heterocycles. The van der Waals surface area contributed by atoms with Crippen LogP contribution in [0.25, 0.3) is 16.2 Å². The van der Waals surface area contributed by atoms with Crippen LogP contribution in [0, 0.1) is 11.3 Å². The van der Waals surface area contributed by atoms with Crippen LogP contribution in [-0.2, 0) is 16.4 Å². The van der Waals surface area contributed by atoms with E-state index in [9.17, 15) is 10.2 Å². The molecule has 30 heavy (non-hydrogen) atoms. The molecular weight excluding hydrogens is 372 g/mol. The lowest BCUT2D eigenvalue weighted by Gasteiger charge is -2.72. The Morgan fingerprint density at radius 1 is 1.17 bits per heavy atom. The normalized spacial score (nSPS) is 40.8. The van der Waals surface area contributed by atoms with Gasteiger partial charge in [-0.15, -0.1) is 6.58 Å². The van der Waals surface area contributed by atoms with Crippen LogP contribution < -0.4 is 0 Å². The average Bonchev–Trinajstić information content (AvgIpc) is 3.08. The first kappa shape index (κ1) is 20.3. The molecule has 0 saturated heterocycles. The Bertz CT molecular complexity index is 1070. The minimum atomic E-state index is -1.19. The molecule has 5 unspecified atom stereocenters. The third kappa shape index (κ3) is 1.87. The molecule has 5 atom stereocenters. The monoisotopic (exact) mass is 407 g/mol. The number of nitrogens with zero attached hydrogens (tertiary/aromatic N) is 1. The van der Waals surface area contributed by atoms with E-state index in [1.165, 1.54) is 5.56 Å². The zero-order valence-corrected chi connectivity index (χ0v) is 19.1. The fraction of sp³-hybridized carbons (Fsp3) is 0.615. The summed E-state index contributed by atoms with van der Waals surface area (Å²) in [5, 5.41) is 30.8. The molecule has 1 saturated carbocycles. The summed E-state index contributed by atoms with van der Waals surface area (Å²) >= 11 is 0. The van der Waals surface area contributed by atoms with E-state index in [0.29, 0.717) is 6.42 Å². The van der Waals surface area contributed by atoms with Crippen molar-refractivity contribution >= 4 is 10.9 Å². The quantitative estimate of drug-likeness (QED) is 0.611. The van der Waals surface area contributed by atoms with E-state index in [2.05, 4.69) is 64.4 Å². The fourth-order valence-electron chi connectivity index (χ4n) is 7.56. The van der Waals surface area contributed by atoms with Gasteiger partial charge >= 0.3 is 0 Å². The Balaban J connectivity index is 2.04. The van der Waals surface area contributed by atoms with Crippen molar-refractivity contribution in [3.05, 3.63) is 53.0 Å². The van der Waals surface area contributed by atoms with Crippen LogP contribution in [0.3, 0.4) is 0 Å². The van der Waals surface area contributed by atoms with Crippen molar-refractivity contribution in [2.45, 2.75) is 82.0 Å². The van der Waals surface area contributed by atoms with Crippen LogP contribution in [0.15, 0.2) is 30.9 Å². The van der Waals surface area contributed by atoms with Gasteiger partial charge in [-0.05, 0) is 47.6 Å². The highest BCUT2D eigenvalue weighted by molar-refractivity contribution is 5.92. The van der Waals surface area contributed by atoms with Gasteiger partial charge in [0, 0.05) is 27.6 Å². The molecule has 0 radical (unpaired) electrons. The van der Waals surface area contributed by atoms with Crippen LogP contribution >= 0.6 is 0 Å². The van der Waals surface area contributed by atoms with Crippen LogP contribution in [0.2, 0.25) is 0 Å². The minimum Gasteiger partial charge on any atom is -0.656 e. The second-order valence-electron chi connectivity index (χ2n) is 11.3. The maximum atomic E-state index is 13.1. The highest BCUT2D eigenvalue weighted by Crippen LogP contribution is 2.70. The van der Waals surface area contributed by atoms with E-state index in [-0.39, 0.29) is 11.3 Å². The summed E-state index contributed by atoms with van der Waals surface area (Å²) in [6, 6.07) is 6.42. The number of aromatic nitrogens is 1. The third-order valence-electron chi connectivity index (χ3n) is 9.60. The van der Waals surface area contributed by atoms with Gasteiger partial charge in [-0.2, -0.15) is 7.05 Å². The Hall–Kier alpha value is -1.62. The summed E-state index contributed by atoms with van der Waals surface area (Å²) < 4.78 is 0. The first-order chi connectivity index (χ1) is 13.9. The Labute approximate surface area is 179 Å². The number of H-pyrrole nitrogens is 1. The highest BCUT2D eigenvalue weighted by atomic mass is 16.3. The van der Waals surface area contributed by atoms with Gasteiger partial charge in [0.1, 0.15) is 0 Å². The molecule has 1 fully saturated rings. The number of rotatable bonds is 2. The number of aromatic amines is 1. The van der Waals surface area contributed by atoms with E-state index in [0.717, 1.165) is 35.0 Å². The molecule has 2 aromatic rings. The topological polar surface area (TPSA) is 70.3 Å². The standard InChI is InChI=1S/C26H35N2O2/c1-8-24(6)13-12-17-22(2,3)15-10-9-11-16-19(15)20-21(28-16)23(4,5)18(29)14-25(24,27-7)26(17,20)30/h8-11,17-18,28-30H,1,12-14H2,2-7H3/q-1. The largest absolute Gasteiger partial charge is 0.656 e. The number of hydrogen-bond acceptors (Lipinski definition) is 2. The van der Waals surface area contributed by atoms with E-state index in [1.807, 2.05) is 13.1 Å². The number of benzene rings is 1. The van der Waals surface area contributed by atoms with E-state index in [1.54, 1.807) is 0 Å². The summed E-state index contributed by atoms with van der Waals surface area (Å²) in [5.74, 6) is -0.00419. The van der Waals surface area contributed by atoms with Crippen molar-refractivity contribution in [2.24, 2.45) is 11.3 Å². The molecule has 3 N–H and O–H groups in total. The van der Waals surface area contributed by atoms with Crippen molar-refractivity contribution in [3.63, 3.8) is 0 Å². The van der Waals surface area contributed by atoms with Crippen LogP contribution in [0.1, 0.15) is 70.7 Å². The average molecular weight is 408 g/mol. The molecule has 4 nitrogen and oxygen atoms in total. The minimum absolute atomic E-state index is 0.00419. The van der Waals surface area contributed by atoms with Crippen molar-refractivity contribution in [2.75, 3.05) is 7.05 Å². The van der Waals surface area contributed by atoms with Crippen molar-refractivity contribution in [1.29, 1.82) is 0 Å². The lowest BCUT2D eigenvalue weighted by Crippen LogP contribution is -2.69. The predicted molar refractivity (Wildman–Crippen MR) is 122 cm³/mol. The van der Waals surface area contributed by atoms with Crippen LogP contribution in [0.5, 0.6) is 0 Å². The number of aliphatic hydroxyl groups excluding tert-OH is 1. The molecule has 3 aliphatic carbocycles. The molecular formula is C26H35N2O2-. The van der Waals surface area contributed by atoms with Gasteiger partial charge in [0.05, 0.1) is 11.7 Å². The molecule has 3 aliphatic rings. The maximum absolute atomic E-state index is 13.1. The Morgan fingerprint density at radius 2 is 1.87 bits per heavy atom. The lowest BCUT2D eigenvalue weighted by atomic mass is 9.43. The molecule has 162 valence electrons. The van der Waals surface area contributed by atoms with Gasteiger partial charge < -0.3 is 20.5 Å². The van der Waals surface area contributed by atoms with Gasteiger partial charge in [-0.3, -0.25) is 0 Å². The Morgan fingerprint density at radius 3 is 2.50 bits per heavy atom. The molecule has 1 aromatic carbocycles. The second kappa shape index (κ2) is 5.59. The van der Waals surface area contributed by atoms with Gasteiger partial charge in [0.15, 0.2) is 0 Å². The van der Waals surface area contributed by atoms with Crippen molar-refractivity contribution in [3.8, 4) is 0 Å². The second-order valence-corrected chi connectivity index (χ2v) is 11.3. The van der Waals surface area contributed by atoms with Gasteiger partial charge in [-0.1, -0.05) is 58.4 Å². The molecule has 0 aliphatic heterocycles. The molecule has 1 heterocycles. The van der Waals surface area contributed by atoms with Gasteiger partial charge in [0.2, 0.25) is 0 Å². The smallest absolute Gasteiger partial charge is 0.0834 e. The number of aliphatic hydroxyl groups is 2. The zero-order chi connectivity index (χ0) is 21.9. The number of hydrogen-bond donors (Lipinski definition) is 3. The van der Waals surface area contributed by atoms with E-state index in [4.69, 9.17) is 5.32 Å². The molecule has 0 spiro atoms. The summed E-state index contributed by atoms with van der Waals surface area (Å²) in [7, 11) is 1.82. The Kier molecular flexibility index (Phi) is 3.78. The summed E-state index contributed by atoms with van der Waals surface area (Å²) in [6.07, 6.45) is 3.53. The fourth-order valence-corrected chi connectivity index (χ4v) is 7.56. The molecule has 0 bridgehead atoms. The number of nitrogens with one attached hydrogen (secondary N) is 1. The van der Waals surface area contributed by atoms with Gasteiger partial charge in [0.25, 0.3) is 0 Å². The first-order valence-corrected chi connectivity index (χ1v) is 11.2. The molecule has 0 amide bonds. The zero-order valence-electron chi connectivity index (χ0n) is 19.1. The summed E-state index contributed by atoms with van der Waals surface area (Å²) in [4.78, 5) is 3.64. The number of likely N-dealkylation sites (N-methyl/N-ethyl adjacent to an activating group) is 1. The predicted octanol–water partition coefficient (Wildman–Crippen LogP) is 5.03. The molecule has 5 rings (SSSR count).